The number of rotatable bonds is 3. The van der Waals surface area contributed by atoms with E-state index < -0.39 is 0 Å². The molecule has 0 unspecified atom stereocenters. The molecule has 4 heteroatoms. The minimum absolute atomic E-state index is 0.722. The number of nitrogens with two attached hydrogens (primary N) is 3. The molecule has 0 spiro atoms. The smallest absolute Gasteiger partial charge is 0.127 e. The quantitative estimate of drug-likeness (QED) is 0.621. The van der Waals surface area contributed by atoms with Crippen LogP contribution in [0.3, 0.4) is 0 Å². The summed E-state index contributed by atoms with van der Waals surface area (Å²) in [5, 5.41) is 0. The Balaban J connectivity index is 0.000000198. The first-order valence-corrected chi connectivity index (χ1v) is 7.81. The van der Waals surface area contributed by atoms with Gasteiger partial charge in [-0.1, -0.05) is 25.1 Å². The third-order valence-electron chi connectivity index (χ3n) is 3.43. The van der Waals surface area contributed by atoms with Gasteiger partial charge < -0.3 is 21.9 Å². The molecule has 0 saturated carbocycles. The predicted molar refractivity (Wildman–Crippen MR) is 102 cm³/mol. The maximum atomic E-state index is 5.63. The average molecular weight is 321 g/mol. The summed E-state index contributed by atoms with van der Waals surface area (Å²) in [5.41, 5.74) is 20.3. The van der Waals surface area contributed by atoms with Crippen LogP contribution in [0, 0.1) is 0 Å². The molecule has 0 aromatic heterocycles. The summed E-state index contributed by atoms with van der Waals surface area (Å²) in [6.07, 6.45) is 1.02. The third kappa shape index (κ3) is 5.25. The molecule has 0 bridgehead atoms. The molecule has 0 aliphatic heterocycles. The Morgan fingerprint density at radius 1 is 0.667 bits per heavy atom. The lowest BCUT2D eigenvalue weighted by Crippen LogP contribution is -1.90. The molecule has 0 amide bonds. The molecule has 6 N–H and O–H groups in total. The SMILES string of the molecule is CCc1ccccc1N.Nc1ccc(Oc2ccc(N)cc2)cc1. The van der Waals surface area contributed by atoms with Crippen LogP contribution < -0.4 is 21.9 Å². The van der Waals surface area contributed by atoms with Crippen molar-refractivity contribution in [3.8, 4) is 11.5 Å². The topological polar surface area (TPSA) is 87.3 Å². The van der Waals surface area contributed by atoms with Crippen molar-refractivity contribution < 1.29 is 4.74 Å². The van der Waals surface area contributed by atoms with Gasteiger partial charge in [-0.25, -0.2) is 0 Å². The first-order valence-electron chi connectivity index (χ1n) is 7.81. The second-order valence-corrected chi connectivity index (χ2v) is 5.29. The number of aryl methyl sites for hydroxylation is 1. The molecule has 24 heavy (non-hydrogen) atoms. The van der Waals surface area contributed by atoms with E-state index in [0.717, 1.165) is 35.0 Å². The standard InChI is InChI=1S/C12H12N2O.C8H11N/c13-9-1-5-11(6-2-9)15-12-7-3-10(14)4-8-12;1-2-7-5-3-4-6-8(7)9/h1-8H,13-14H2;3-6H,2,9H2,1H3. The van der Waals surface area contributed by atoms with Crippen molar-refractivity contribution in [3.63, 3.8) is 0 Å². The fourth-order valence-electron chi connectivity index (χ4n) is 2.06. The first kappa shape index (κ1) is 17.2. The highest BCUT2D eigenvalue weighted by Crippen LogP contribution is 2.22. The molecule has 0 aliphatic carbocycles. The van der Waals surface area contributed by atoms with E-state index in [0.29, 0.717) is 0 Å². The van der Waals surface area contributed by atoms with Crippen LogP contribution in [-0.4, -0.2) is 0 Å². The molecule has 3 aromatic carbocycles. The molecule has 0 heterocycles. The summed E-state index contributed by atoms with van der Waals surface area (Å²) < 4.78 is 5.58. The highest BCUT2D eigenvalue weighted by atomic mass is 16.5. The second kappa shape index (κ2) is 8.48. The van der Waals surface area contributed by atoms with Crippen LogP contribution in [0.5, 0.6) is 11.5 Å². The third-order valence-corrected chi connectivity index (χ3v) is 3.43. The van der Waals surface area contributed by atoms with Gasteiger partial charge in [0.2, 0.25) is 0 Å². The summed E-state index contributed by atoms with van der Waals surface area (Å²) in [6, 6.07) is 22.4. The Kier molecular flexibility index (Phi) is 6.08. The van der Waals surface area contributed by atoms with Crippen molar-refractivity contribution in [1.82, 2.24) is 0 Å². The van der Waals surface area contributed by atoms with Gasteiger partial charge in [0.25, 0.3) is 0 Å². The van der Waals surface area contributed by atoms with Crippen LogP contribution in [-0.2, 0) is 6.42 Å². The van der Waals surface area contributed by atoms with Gasteiger partial charge >= 0.3 is 0 Å². The van der Waals surface area contributed by atoms with Crippen LogP contribution in [0.4, 0.5) is 17.1 Å². The van der Waals surface area contributed by atoms with E-state index in [2.05, 4.69) is 13.0 Å². The molecule has 0 atom stereocenters. The molecule has 0 saturated heterocycles. The van der Waals surface area contributed by atoms with Gasteiger partial charge in [-0.2, -0.15) is 0 Å². The molecule has 4 nitrogen and oxygen atoms in total. The number of ether oxygens (including phenoxy) is 1. The van der Waals surface area contributed by atoms with Gasteiger partial charge in [0.05, 0.1) is 0 Å². The highest BCUT2D eigenvalue weighted by molar-refractivity contribution is 5.46. The second-order valence-electron chi connectivity index (χ2n) is 5.29. The van der Waals surface area contributed by atoms with Gasteiger partial charge in [0, 0.05) is 17.1 Å². The van der Waals surface area contributed by atoms with Crippen molar-refractivity contribution >= 4 is 17.1 Å². The Hall–Kier alpha value is -3.14. The van der Waals surface area contributed by atoms with Crippen molar-refractivity contribution in [1.29, 1.82) is 0 Å². The zero-order chi connectivity index (χ0) is 17.4. The minimum atomic E-state index is 0.722. The summed E-state index contributed by atoms with van der Waals surface area (Å²) >= 11 is 0. The fourth-order valence-corrected chi connectivity index (χ4v) is 2.06. The van der Waals surface area contributed by atoms with E-state index in [1.54, 1.807) is 24.3 Å². The molecule has 0 aliphatic rings. The molecule has 3 aromatic rings. The van der Waals surface area contributed by atoms with Crippen LogP contribution in [0.15, 0.2) is 72.8 Å². The zero-order valence-corrected chi connectivity index (χ0v) is 13.8. The van der Waals surface area contributed by atoms with E-state index in [1.165, 1.54) is 5.56 Å². The number of anilines is 3. The van der Waals surface area contributed by atoms with Crippen molar-refractivity contribution in [3.05, 3.63) is 78.4 Å². The Morgan fingerprint density at radius 2 is 1.12 bits per heavy atom. The monoisotopic (exact) mass is 321 g/mol. The lowest BCUT2D eigenvalue weighted by atomic mass is 10.1. The molecule has 0 fully saturated rings. The van der Waals surface area contributed by atoms with Gasteiger partial charge in [0.15, 0.2) is 0 Å². The van der Waals surface area contributed by atoms with Gasteiger partial charge in [-0.05, 0) is 66.6 Å². The van der Waals surface area contributed by atoms with Gasteiger partial charge in [0.1, 0.15) is 11.5 Å². The normalized spacial score (nSPS) is 9.71. The first-order chi connectivity index (χ1) is 11.6. The Labute approximate surface area is 142 Å². The molecule has 3 rings (SSSR count). The average Bonchev–Trinajstić information content (AvgIpc) is 2.60. The predicted octanol–water partition coefficient (Wildman–Crippen LogP) is 4.47. The van der Waals surface area contributed by atoms with Gasteiger partial charge in [-0.15, -0.1) is 0 Å². The van der Waals surface area contributed by atoms with E-state index in [-0.39, 0.29) is 0 Å². The number of benzene rings is 3. The summed E-state index contributed by atoms with van der Waals surface area (Å²) in [4.78, 5) is 0. The minimum Gasteiger partial charge on any atom is -0.457 e. The van der Waals surface area contributed by atoms with Crippen LogP contribution >= 0.6 is 0 Å². The molecule has 124 valence electrons. The summed E-state index contributed by atoms with van der Waals surface area (Å²) in [7, 11) is 0. The van der Waals surface area contributed by atoms with Crippen molar-refractivity contribution in [2.75, 3.05) is 17.2 Å². The Morgan fingerprint density at radius 3 is 1.50 bits per heavy atom. The molecular formula is C20H23N3O. The largest absolute Gasteiger partial charge is 0.457 e. The van der Waals surface area contributed by atoms with E-state index in [4.69, 9.17) is 21.9 Å². The van der Waals surface area contributed by atoms with Crippen LogP contribution in [0.1, 0.15) is 12.5 Å². The Bertz CT molecular complexity index is 709. The lowest BCUT2D eigenvalue weighted by molar-refractivity contribution is 0.483. The van der Waals surface area contributed by atoms with E-state index in [1.807, 2.05) is 42.5 Å². The maximum Gasteiger partial charge on any atom is 0.127 e. The summed E-state index contributed by atoms with van der Waals surface area (Å²) in [6.45, 7) is 2.10. The maximum absolute atomic E-state index is 5.63. The van der Waals surface area contributed by atoms with Gasteiger partial charge in [-0.3, -0.25) is 0 Å². The zero-order valence-electron chi connectivity index (χ0n) is 13.8. The molecular weight excluding hydrogens is 298 g/mol. The van der Waals surface area contributed by atoms with E-state index >= 15 is 0 Å². The van der Waals surface area contributed by atoms with Crippen LogP contribution in [0.25, 0.3) is 0 Å². The lowest BCUT2D eigenvalue weighted by Gasteiger charge is -2.05. The number of para-hydroxylation sites is 1. The molecule has 0 radical (unpaired) electrons. The summed E-state index contributed by atoms with van der Waals surface area (Å²) in [5.74, 6) is 1.52. The number of hydrogen-bond acceptors (Lipinski definition) is 4. The number of nitrogen functional groups attached to an aromatic ring is 3. The van der Waals surface area contributed by atoms with E-state index in [9.17, 15) is 0 Å². The number of hydrogen-bond donors (Lipinski definition) is 3. The van der Waals surface area contributed by atoms with Crippen molar-refractivity contribution in [2.24, 2.45) is 0 Å². The van der Waals surface area contributed by atoms with Crippen LogP contribution in [0.2, 0.25) is 0 Å². The highest BCUT2D eigenvalue weighted by Gasteiger charge is 1.96. The van der Waals surface area contributed by atoms with Crippen molar-refractivity contribution in [2.45, 2.75) is 13.3 Å². The fraction of sp³-hybridized carbons (Fsp3) is 0.100.